The largest absolute Gasteiger partial charge is 0.541 e. The Labute approximate surface area is 129 Å². The normalized spacial score (nSPS) is 12.2. The second kappa shape index (κ2) is 6.28. The molecule has 0 unspecified atom stereocenters. The summed E-state index contributed by atoms with van der Waals surface area (Å²) in [4.78, 5) is 0. The first-order chi connectivity index (χ1) is 9.59. The van der Waals surface area contributed by atoms with Crippen molar-refractivity contribution in [2.24, 2.45) is 0 Å². The molecule has 4 nitrogen and oxygen atoms in total. The summed E-state index contributed by atoms with van der Waals surface area (Å²) in [5, 5.41) is 9.64. The zero-order valence-corrected chi connectivity index (χ0v) is 15.5. The van der Waals surface area contributed by atoms with Crippen molar-refractivity contribution >= 4 is 8.32 Å². The van der Waals surface area contributed by atoms with Crippen LogP contribution in [0.3, 0.4) is 0 Å². The van der Waals surface area contributed by atoms with Gasteiger partial charge in [-0.15, -0.1) is 0 Å². The second-order valence-corrected chi connectivity index (χ2v) is 11.5. The van der Waals surface area contributed by atoms with Crippen molar-refractivity contribution in [2.75, 3.05) is 14.2 Å². The summed E-state index contributed by atoms with van der Waals surface area (Å²) in [5.74, 6) is 2.01. The second-order valence-electron chi connectivity index (χ2n) is 6.75. The molecule has 5 heteroatoms. The van der Waals surface area contributed by atoms with Crippen molar-refractivity contribution in [3.63, 3.8) is 0 Å². The van der Waals surface area contributed by atoms with Gasteiger partial charge in [0, 0.05) is 11.1 Å². The van der Waals surface area contributed by atoms with Crippen molar-refractivity contribution in [2.45, 2.75) is 52.4 Å². The number of hydrogen-bond donors (Lipinski definition) is 1. The van der Waals surface area contributed by atoms with Gasteiger partial charge in [0.1, 0.15) is 11.5 Å². The van der Waals surface area contributed by atoms with E-state index < -0.39 is 8.32 Å². The lowest BCUT2D eigenvalue weighted by atomic mass is 10.1. The number of aliphatic hydroxyl groups excluding tert-OH is 1. The molecule has 0 aliphatic heterocycles. The molecule has 0 spiro atoms. The minimum atomic E-state index is -1.98. The minimum absolute atomic E-state index is 0.0885. The third kappa shape index (κ3) is 3.52. The lowest BCUT2D eigenvalue weighted by molar-refractivity contribution is 0.271. The molecule has 0 aliphatic rings. The van der Waals surface area contributed by atoms with Gasteiger partial charge >= 0.3 is 0 Å². The number of rotatable bonds is 5. The van der Waals surface area contributed by atoms with Gasteiger partial charge in [0.15, 0.2) is 5.75 Å². The summed E-state index contributed by atoms with van der Waals surface area (Å²) in [6, 6.07) is 1.82. The average molecular weight is 312 g/mol. The lowest BCUT2D eigenvalue weighted by Gasteiger charge is -2.37. The molecule has 0 atom stereocenters. The lowest BCUT2D eigenvalue weighted by Crippen LogP contribution is -2.44. The molecule has 0 saturated carbocycles. The highest BCUT2D eigenvalue weighted by Gasteiger charge is 2.40. The van der Waals surface area contributed by atoms with Crippen LogP contribution in [0.4, 0.5) is 0 Å². The molecule has 120 valence electrons. The minimum Gasteiger partial charge on any atom is -0.541 e. The van der Waals surface area contributed by atoms with Gasteiger partial charge in [-0.1, -0.05) is 20.8 Å². The maximum absolute atomic E-state index is 9.56. The molecule has 1 N–H and O–H groups in total. The van der Waals surface area contributed by atoms with Gasteiger partial charge in [-0.2, -0.15) is 0 Å². The van der Waals surface area contributed by atoms with Crippen molar-refractivity contribution in [1.29, 1.82) is 0 Å². The zero-order chi connectivity index (χ0) is 16.4. The molecule has 0 amide bonds. The number of hydrogen-bond acceptors (Lipinski definition) is 4. The van der Waals surface area contributed by atoms with E-state index in [1.165, 1.54) is 0 Å². The van der Waals surface area contributed by atoms with Crippen molar-refractivity contribution < 1.29 is 19.0 Å². The molecule has 1 aromatic rings. The molecular weight excluding hydrogens is 284 g/mol. The predicted molar refractivity (Wildman–Crippen MR) is 88.0 cm³/mol. The quantitative estimate of drug-likeness (QED) is 0.838. The summed E-state index contributed by atoms with van der Waals surface area (Å²) in [6.07, 6.45) is 0. The summed E-state index contributed by atoms with van der Waals surface area (Å²) < 4.78 is 17.2. The van der Waals surface area contributed by atoms with Crippen LogP contribution in [0.5, 0.6) is 17.2 Å². The van der Waals surface area contributed by atoms with Gasteiger partial charge in [-0.3, -0.25) is 0 Å². The molecule has 0 bridgehead atoms. The fourth-order valence-corrected chi connectivity index (χ4v) is 2.98. The van der Waals surface area contributed by atoms with Gasteiger partial charge < -0.3 is 19.0 Å². The van der Waals surface area contributed by atoms with Crippen LogP contribution in [-0.4, -0.2) is 27.6 Å². The van der Waals surface area contributed by atoms with Crippen LogP contribution in [0.25, 0.3) is 0 Å². The van der Waals surface area contributed by atoms with Crippen LogP contribution in [0.15, 0.2) is 6.07 Å². The predicted octanol–water partition coefficient (Wildman–Crippen LogP) is 3.89. The van der Waals surface area contributed by atoms with Crippen molar-refractivity contribution in [3.8, 4) is 17.2 Å². The number of aliphatic hydroxyl groups is 1. The van der Waals surface area contributed by atoms with Crippen LogP contribution in [0.1, 0.15) is 31.9 Å². The van der Waals surface area contributed by atoms with Gasteiger partial charge in [0.25, 0.3) is 8.32 Å². The number of ether oxygens (including phenoxy) is 2. The van der Waals surface area contributed by atoms with E-state index in [1.807, 2.05) is 13.0 Å². The van der Waals surface area contributed by atoms with Crippen LogP contribution < -0.4 is 13.9 Å². The molecule has 0 fully saturated rings. The molecule has 1 aromatic carbocycles. The average Bonchev–Trinajstić information content (AvgIpc) is 2.36. The first-order valence-electron chi connectivity index (χ1n) is 7.13. The highest BCUT2D eigenvalue weighted by atomic mass is 28.4. The zero-order valence-electron chi connectivity index (χ0n) is 14.5. The first kappa shape index (κ1) is 17.8. The summed E-state index contributed by atoms with van der Waals surface area (Å²) >= 11 is 0. The Morgan fingerprint density at radius 2 is 1.62 bits per heavy atom. The van der Waals surface area contributed by atoms with E-state index in [9.17, 15) is 5.11 Å². The Hall–Kier alpha value is -1.20. The van der Waals surface area contributed by atoms with Crippen molar-refractivity contribution in [1.82, 2.24) is 0 Å². The summed E-state index contributed by atoms with van der Waals surface area (Å²) in [6.45, 7) is 12.8. The van der Waals surface area contributed by atoms with E-state index in [1.54, 1.807) is 14.2 Å². The van der Waals surface area contributed by atoms with Gasteiger partial charge in [-0.25, -0.2) is 0 Å². The summed E-state index contributed by atoms with van der Waals surface area (Å²) in [7, 11) is 1.23. The van der Waals surface area contributed by atoms with Crippen LogP contribution in [-0.2, 0) is 6.61 Å². The molecule has 0 radical (unpaired) electrons. The Bertz CT molecular complexity index is 504. The molecule has 1 rings (SSSR count). The molecule has 0 aromatic heterocycles. The van der Waals surface area contributed by atoms with E-state index in [4.69, 9.17) is 13.9 Å². The summed E-state index contributed by atoms with van der Waals surface area (Å²) in [5.41, 5.74) is 1.56. The Kier molecular flexibility index (Phi) is 5.33. The SMILES string of the molecule is COc1c(CO)cc(O[Si](C)(C)C(C)(C)C)c(OC)c1C. The number of methoxy groups -OCH3 is 2. The van der Waals surface area contributed by atoms with Crippen LogP contribution in [0.2, 0.25) is 18.1 Å². The number of benzene rings is 1. The first-order valence-corrected chi connectivity index (χ1v) is 10.0. The van der Waals surface area contributed by atoms with E-state index in [0.29, 0.717) is 22.8 Å². The fourth-order valence-electron chi connectivity index (χ4n) is 1.98. The molecule has 0 aliphatic carbocycles. The van der Waals surface area contributed by atoms with Gasteiger partial charge in [0.2, 0.25) is 0 Å². The molecular formula is C16H28O4Si. The Morgan fingerprint density at radius 1 is 1.10 bits per heavy atom. The maximum Gasteiger partial charge on any atom is 0.250 e. The highest BCUT2D eigenvalue weighted by molar-refractivity contribution is 6.74. The van der Waals surface area contributed by atoms with E-state index >= 15 is 0 Å². The van der Waals surface area contributed by atoms with Crippen LogP contribution in [0, 0.1) is 6.92 Å². The smallest absolute Gasteiger partial charge is 0.250 e. The van der Waals surface area contributed by atoms with E-state index in [2.05, 4.69) is 33.9 Å². The molecule has 0 saturated heterocycles. The van der Waals surface area contributed by atoms with E-state index in [-0.39, 0.29) is 11.6 Å². The van der Waals surface area contributed by atoms with Gasteiger partial charge in [0.05, 0.1) is 20.8 Å². The highest BCUT2D eigenvalue weighted by Crippen LogP contribution is 2.44. The fraction of sp³-hybridized carbons (Fsp3) is 0.625. The Morgan fingerprint density at radius 3 is 2.00 bits per heavy atom. The third-order valence-corrected chi connectivity index (χ3v) is 8.59. The molecule has 0 heterocycles. The Balaban J connectivity index is 3.40. The van der Waals surface area contributed by atoms with Gasteiger partial charge in [-0.05, 0) is 31.1 Å². The van der Waals surface area contributed by atoms with Crippen molar-refractivity contribution in [3.05, 3.63) is 17.2 Å². The topological polar surface area (TPSA) is 47.9 Å². The van der Waals surface area contributed by atoms with Crippen LogP contribution >= 0.6 is 0 Å². The standard InChI is InChI=1S/C16H28O4Si/c1-11-14(18-5)12(10-17)9-13(15(11)19-6)20-21(7,8)16(2,3)4/h9,17H,10H2,1-8H3. The monoisotopic (exact) mass is 312 g/mol. The maximum atomic E-state index is 9.56. The van der Waals surface area contributed by atoms with E-state index in [0.717, 1.165) is 5.56 Å². The third-order valence-electron chi connectivity index (χ3n) is 4.25. The molecule has 21 heavy (non-hydrogen) atoms.